The summed E-state index contributed by atoms with van der Waals surface area (Å²) in [6.07, 6.45) is 8.76. The number of terminal acetylenes is 1. The molecule has 0 aliphatic rings. The molecule has 0 saturated carbocycles. The molecule has 1 aromatic carbocycles. The number of hydrogen-bond acceptors (Lipinski definition) is 2. The second-order valence-corrected chi connectivity index (χ2v) is 4.20. The van der Waals surface area contributed by atoms with Crippen LogP contribution >= 0.6 is 0 Å². The molecule has 0 spiro atoms. The summed E-state index contributed by atoms with van der Waals surface area (Å²) in [6.45, 7) is 0. The number of hydrogen-bond donors (Lipinski definition) is 0. The molecule has 0 bridgehead atoms. The van der Waals surface area contributed by atoms with Crippen molar-refractivity contribution in [2.24, 2.45) is 0 Å². The monoisotopic (exact) mass is 263 g/mol. The van der Waals surface area contributed by atoms with Crippen molar-refractivity contribution in [3.63, 3.8) is 0 Å². The predicted octanol–water partition coefficient (Wildman–Crippen LogP) is 3.05. The van der Waals surface area contributed by atoms with E-state index in [0.29, 0.717) is 11.3 Å². The first-order chi connectivity index (χ1) is 9.76. The number of benzene rings is 1. The summed E-state index contributed by atoms with van der Waals surface area (Å²) in [4.78, 5) is 4.23. The van der Waals surface area contributed by atoms with Gasteiger partial charge in [-0.15, -0.1) is 6.42 Å². The largest absolute Gasteiger partial charge is 0.255 e. The van der Waals surface area contributed by atoms with E-state index in [1.165, 1.54) is 12.1 Å². The van der Waals surface area contributed by atoms with Crippen molar-refractivity contribution in [1.82, 2.24) is 14.8 Å². The van der Waals surface area contributed by atoms with E-state index in [9.17, 15) is 4.39 Å². The molecule has 0 atom stereocenters. The first-order valence-corrected chi connectivity index (χ1v) is 6.01. The molecule has 4 heteroatoms. The highest BCUT2D eigenvalue weighted by atomic mass is 19.1. The van der Waals surface area contributed by atoms with E-state index in [-0.39, 0.29) is 5.82 Å². The van der Waals surface area contributed by atoms with Gasteiger partial charge < -0.3 is 0 Å². The summed E-state index contributed by atoms with van der Waals surface area (Å²) in [5.74, 6) is 2.04. The van der Waals surface area contributed by atoms with Crippen LogP contribution in [0.5, 0.6) is 0 Å². The molecule has 0 aliphatic heterocycles. The summed E-state index contributed by atoms with van der Waals surface area (Å²) in [6, 6.07) is 11.8. The minimum absolute atomic E-state index is 0.384. The molecule has 2 heterocycles. The van der Waals surface area contributed by atoms with Gasteiger partial charge in [0.05, 0.1) is 11.4 Å². The van der Waals surface area contributed by atoms with Crippen LogP contribution in [0, 0.1) is 18.2 Å². The van der Waals surface area contributed by atoms with E-state index >= 15 is 0 Å². The first kappa shape index (κ1) is 12.1. The van der Waals surface area contributed by atoms with E-state index in [1.54, 1.807) is 23.1 Å². The zero-order chi connectivity index (χ0) is 13.9. The average molecular weight is 263 g/mol. The highest BCUT2D eigenvalue weighted by Gasteiger charge is 2.06. The minimum atomic E-state index is -0.384. The summed E-state index contributed by atoms with van der Waals surface area (Å²) in [5, 5.41) is 4.39. The lowest BCUT2D eigenvalue weighted by atomic mass is 10.2. The van der Waals surface area contributed by atoms with Crippen LogP contribution in [0.25, 0.3) is 17.1 Å². The fourth-order valence-corrected chi connectivity index (χ4v) is 1.91. The van der Waals surface area contributed by atoms with Crippen molar-refractivity contribution in [2.45, 2.75) is 0 Å². The van der Waals surface area contributed by atoms with Gasteiger partial charge in [-0.2, -0.15) is 5.10 Å². The Kier molecular flexibility index (Phi) is 3.02. The van der Waals surface area contributed by atoms with E-state index in [2.05, 4.69) is 16.0 Å². The molecule has 2 aromatic heterocycles. The molecule has 3 rings (SSSR count). The van der Waals surface area contributed by atoms with E-state index in [1.807, 2.05) is 24.3 Å². The Hall–Kier alpha value is -2.93. The fourth-order valence-electron chi connectivity index (χ4n) is 1.91. The molecule has 0 amide bonds. The standard InChI is InChI=1S/C16H10FN3/c1-2-12-9-13(17)11-14(10-12)20-8-6-16(19-20)15-5-3-4-7-18-15/h1,3-11H. The Morgan fingerprint density at radius 2 is 2.00 bits per heavy atom. The average Bonchev–Trinajstić information content (AvgIpc) is 2.97. The lowest BCUT2D eigenvalue weighted by molar-refractivity contribution is 0.625. The molecular weight excluding hydrogens is 253 g/mol. The zero-order valence-electron chi connectivity index (χ0n) is 10.5. The van der Waals surface area contributed by atoms with Gasteiger partial charge in [-0.1, -0.05) is 12.0 Å². The van der Waals surface area contributed by atoms with Crippen molar-refractivity contribution in [3.05, 3.63) is 66.2 Å². The van der Waals surface area contributed by atoms with Crippen LogP contribution in [0.15, 0.2) is 54.9 Å². The normalized spacial score (nSPS) is 10.2. The van der Waals surface area contributed by atoms with Gasteiger partial charge in [0.15, 0.2) is 0 Å². The van der Waals surface area contributed by atoms with Crippen LogP contribution in [-0.2, 0) is 0 Å². The SMILES string of the molecule is C#Cc1cc(F)cc(-n2ccc(-c3ccccn3)n2)c1. The Balaban J connectivity index is 2.03. The van der Waals surface area contributed by atoms with Gasteiger partial charge in [0.2, 0.25) is 0 Å². The highest BCUT2D eigenvalue weighted by molar-refractivity contribution is 5.54. The van der Waals surface area contributed by atoms with Gasteiger partial charge in [0.1, 0.15) is 11.5 Å². The van der Waals surface area contributed by atoms with Crippen molar-refractivity contribution in [2.75, 3.05) is 0 Å². The maximum Gasteiger partial charge on any atom is 0.126 e. The van der Waals surface area contributed by atoms with Crippen LogP contribution in [0.3, 0.4) is 0 Å². The van der Waals surface area contributed by atoms with E-state index < -0.39 is 0 Å². The Bertz CT molecular complexity index is 785. The van der Waals surface area contributed by atoms with Crippen LogP contribution < -0.4 is 0 Å². The van der Waals surface area contributed by atoms with Crippen molar-refractivity contribution in [3.8, 4) is 29.4 Å². The molecule has 96 valence electrons. The third kappa shape index (κ3) is 2.29. The molecule has 0 N–H and O–H groups in total. The Morgan fingerprint density at radius 1 is 1.10 bits per heavy atom. The van der Waals surface area contributed by atoms with Crippen LogP contribution in [0.2, 0.25) is 0 Å². The van der Waals surface area contributed by atoms with Crippen molar-refractivity contribution in [1.29, 1.82) is 0 Å². The summed E-state index contributed by atoms with van der Waals surface area (Å²) >= 11 is 0. The number of pyridine rings is 1. The highest BCUT2D eigenvalue weighted by Crippen LogP contribution is 2.17. The number of rotatable bonds is 2. The number of nitrogens with zero attached hydrogens (tertiary/aromatic N) is 3. The molecule has 0 unspecified atom stereocenters. The molecule has 0 radical (unpaired) electrons. The van der Waals surface area contributed by atoms with Gasteiger partial charge in [-0.25, -0.2) is 9.07 Å². The van der Waals surface area contributed by atoms with Crippen LogP contribution in [0.4, 0.5) is 4.39 Å². The topological polar surface area (TPSA) is 30.7 Å². The smallest absolute Gasteiger partial charge is 0.126 e. The van der Waals surface area contributed by atoms with E-state index in [0.717, 1.165) is 11.4 Å². The maximum atomic E-state index is 13.5. The second-order valence-electron chi connectivity index (χ2n) is 4.20. The molecular formula is C16H10FN3. The summed E-state index contributed by atoms with van der Waals surface area (Å²) in [5.41, 5.74) is 2.55. The molecule has 3 nitrogen and oxygen atoms in total. The van der Waals surface area contributed by atoms with E-state index in [4.69, 9.17) is 6.42 Å². The number of aromatic nitrogens is 3. The van der Waals surface area contributed by atoms with Crippen molar-refractivity contribution < 1.29 is 4.39 Å². The minimum Gasteiger partial charge on any atom is -0.255 e. The second kappa shape index (κ2) is 4.98. The third-order valence-electron chi connectivity index (χ3n) is 2.83. The summed E-state index contributed by atoms with van der Waals surface area (Å²) < 4.78 is 15.1. The van der Waals surface area contributed by atoms with Gasteiger partial charge in [0, 0.05) is 18.0 Å². The zero-order valence-corrected chi connectivity index (χ0v) is 10.5. The van der Waals surface area contributed by atoms with Gasteiger partial charge in [0.25, 0.3) is 0 Å². The Labute approximate surface area is 115 Å². The van der Waals surface area contributed by atoms with Gasteiger partial charge in [-0.3, -0.25) is 4.98 Å². The van der Waals surface area contributed by atoms with Gasteiger partial charge >= 0.3 is 0 Å². The van der Waals surface area contributed by atoms with Crippen LogP contribution in [0.1, 0.15) is 5.56 Å². The van der Waals surface area contributed by atoms with Gasteiger partial charge in [-0.05, 0) is 36.4 Å². The predicted molar refractivity (Wildman–Crippen MR) is 74.7 cm³/mol. The molecule has 20 heavy (non-hydrogen) atoms. The van der Waals surface area contributed by atoms with Crippen molar-refractivity contribution >= 4 is 0 Å². The third-order valence-corrected chi connectivity index (χ3v) is 2.83. The molecule has 3 aromatic rings. The van der Waals surface area contributed by atoms with Crippen LogP contribution in [-0.4, -0.2) is 14.8 Å². The summed E-state index contributed by atoms with van der Waals surface area (Å²) in [7, 11) is 0. The first-order valence-electron chi connectivity index (χ1n) is 6.01. The number of halogens is 1. The lowest BCUT2D eigenvalue weighted by Crippen LogP contribution is -1.97. The lowest BCUT2D eigenvalue weighted by Gasteiger charge is -2.03. The molecule has 0 saturated heterocycles. The Morgan fingerprint density at radius 3 is 2.75 bits per heavy atom. The molecule has 0 aliphatic carbocycles. The molecule has 0 fully saturated rings. The fraction of sp³-hybridized carbons (Fsp3) is 0. The quantitative estimate of drug-likeness (QED) is 0.665. The maximum absolute atomic E-state index is 13.5.